The molecule has 0 unspecified atom stereocenters. The zero-order chi connectivity index (χ0) is 13.3. The molecule has 1 aromatic rings. The van der Waals surface area contributed by atoms with Crippen molar-refractivity contribution >= 4 is 0 Å². The minimum absolute atomic E-state index is 0.128. The Labute approximate surface area is 114 Å². The first-order chi connectivity index (χ1) is 9.17. The van der Waals surface area contributed by atoms with E-state index in [1.807, 2.05) is 13.0 Å². The van der Waals surface area contributed by atoms with E-state index in [0.29, 0.717) is 5.75 Å². The van der Waals surface area contributed by atoms with Crippen molar-refractivity contribution in [1.29, 1.82) is 0 Å². The van der Waals surface area contributed by atoms with Gasteiger partial charge in [0.25, 0.3) is 0 Å². The molecule has 0 amide bonds. The van der Waals surface area contributed by atoms with E-state index in [1.165, 1.54) is 25.3 Å². The van der Waals surface area contributed by atoms with Crippen molar-refractivity contribution in [1.82, 2.24) is 5.32 Å². The normalized spacial score (nSPS) is 20.9. The Hall–Kier alpha value is -1.09. The second kappa shape index (κ2) is 5.12. The zero-order valence-corrected chi connectivity index (χ0v) is 11.5. The van der Waals surface area contributed by atoms with Gasteiger partial charge in [0.1, 0.15) is 5.60 Å². The molecule has 0 spiro atoms. The third-order valence-corrected chi connectivity index (χ3v) is 4.27. The van der Waals surface area contributed by atoms with Gasteiger partial charge in [-0.2, -0.15) is 0 Å². The summed E-state index contributed by atoms with van der Waals surface area (Å²) in [4.78, 5) is 0. The van der Waals surface area contributed by atoms with Crippen molar-refractivity contribution in [3.05, 3.63) is 29.6 Å². The third kappa shape index (κ3) is 3.08. The molecular formula is C16H22FNO. The fourth-order valence-electron chi connectivity index (χ4n) is 2.69. The Kier molecular flexibility index (Phi) is 3.48. The highest BCUT2D eigenvalue weighted by Crippen LogP contribution is 2.40. The summed E-state index contributed by atoms with van der Waals surface area (Å²) in [6.07, 6.45) is 6.88. The Morgan fingerprint density at radius 3 is 2.79 bits per heavy atom. The van der Waals surface area contributed by atoms with Crippen molar-refractivity contribution in [2.45, 2.75) is 57.1 Å². The topological polar surface area (TPSA) is 21.3 Å². The van der Waals surface area contributed by atoms with Crippen molar-refractivity contribution in [3.8, 4) is 5.75 Å². The highest BCUT2D eigenvalue weighted by Gasteiger charge is 2.39. The number of hydrogen-bond donors (Lipinski definition) is 1. The minimum atomic E-state index is -0.243. The van der Waals surface area contributed by atoms with Crippen molar-refractivity contribution in [2.75, 3.05) is 6.54 Å². The molecule has 0 aromatic heterocycles. The molecule has 104 valence electrons. The van der Waals surface area contributed by atoms with E-state index in [-0.39, 0.29) is 11.4 Å². The highest BCUT2D eigenvalue weighted by atomic mass is 19.1. The zero-order valence-electron chi connectivity index (χ0n) is 11.5. The summed E-state index contributed by atoms with van der Waals surface area (Å²) in [5.74, 6) is 0.179. The molecule has 2 fully saturated rings. The minimum Gasteiger partial charge on any atom is -0.484 e. The summed E-state index contributed by atoms with van der Waals surface area (Å²) in [5, 5.41) is 3.52. The maximum atomic E-state index is 13.8. The number of aryl methyl sites for hydroxylation is 1. The number of benzene rings is 1. The highest BCUT2D eigenvalue weighted by molar-refractivity contribution is 5.30. The predicted molar refractivity (Wildman–Crippen MR) is 74.0 cm³/mol. The van der Waals surface area contributed by atoms with Crippen LogP contribution in [0.25, 0.3) is 0 Å². The lowest BCUT2D eigenvalue weighted by Gasteiger charge is -2.42. The lowest BCUT2D eigenvalue weighted by molar-refractivity contribution is -0.0172. The monoisotopic (exact) mass is 263 g/mol. The van der Waals surface area contributed by atoms with Crippen LogP contribution in [0.4, 0.5) is 4.39 Å². The molecule has 0 saturated heterocycles. The predicted octanol–water partition coefficient (Wildman–Crippen LogP) is 3.58. The van der Waals surface area contributed by atoms with Gasteiger partial charge in [-0.3, -0.25) is 0 Å². The molecule has 2 aliphatic rings. The first kappa shape index (κ1) is 12.9. The average Bonchev–Trinajstić information content (AvgIpc) is 3.14. The Morgan fingerprint density at radius 2 is 2.16 bits per heavy atom. The van der Waals surface area contributed by atoms with Gasteiger partial charge >= 0.3 is 0 Å². The molecule has 1 aromatic carbocycles. The molecular weight excluding hydrogens is 241 g/mol. The molecule has 2 aliphatic carbocycles. The molecule has 1 N–H and O–H groups in total. The molecule has 19 heavy (non-hydrogen) atoms. The molecule has 2 nitrogen and oxygen atoms in total. The first-order valence-electron chi connectivity index (χ1n) is 7.35. The number of hydrogen-bond acceptors (Lipinski definition) is 2. The van der Waals surface area contributed by atoms with Crippen molar-refractivity contribution in [3.63, 3.8) is 0 Å². The van der Waals surface area contributed by atoms with Gasteiger partial charge in [-0.25, -0.2) is 4.39 Å². The summed E-state index contributed by atoms with van der Waals surface area (Å²) in [6.45, 7) is 2.95. The van der Waals surface area contributed by atoms with Gasteiger partial charge in [0.05, 0.1) is 0 Å². The lowest BCUT2D eigenvalue weighted by atomic mass is 9.77. The second-order valence-corrected chi connectivity index (χ2v) is 6.05. The van der Waals surface area contributed by atoms with Gasteiger partial charge in [0.15, 0.2) is 11.6 Å². The van der Waals surface area contributed by atoms with Gasteiger partial charge < -0.3 is 10.1 Å². The van der Waals surface area contributed by atoms with Crippen LogP contribution in [0.2, 0.25) is 0 Å². The van der Waals surface area contributed by atoms with Crippen LogP contribution in [0.1, 0.15) is 44.1 Å². The number of rotatable bonds is 6. The van der Waals surface area contributed by atoms with E-state index >= 15 is 0 Å². The van der Waals surface area contributed by atoms with Crippen LogP contribution in [0.5, 0.6) is 5.75 Å². The van der Waals surface area contributed by atoms with Crippen molar-refractivity contribution in [2.24, 2.45) is 0 Å². The number of ether oxygens (including phenoxy) is 1. The lowest BCUT2D eigenvalue weighted by Crippen LogP contribution is -2.45. The molecule has 0 radical (unpaired) electrons. The SMILES string of the molecule is Cc1ccc(F)c(OC2(CCNC3CC3)CCC2)c1. The van der Waals surface area contributed by atoms with Crippen LogP contribution in [0.3, 0.4) is 0 Å². The quantitative estimate of drug-likeness (QED) is 0.847. The van der Waals surface area contributed by atoms with Gasteiger partial charge in [-0.05, 0) is 69.7 Å². The molecule has 0 heterocycles. The summed E-state index contributed by atoms with van der Waals surface area (Å²) in [5.41, 5.74) is 0.915. The standard InChI is InChI=1S/C16H22FNO/c1-12-3-6-14(17)15(11-12)19-16(7-2-8-16)9-10-18-13-4-5-13/h3,6,11,13,18H,2,4-5,7-10H2,1H3. The van der Waals surface area contributed by atoms with Gasteiger partial charge in [-0.15, -0.1) is 0 Å². The van der Waals surface area contributed by atoms with Crippen LogP contribution >= 0.6 is 0 Å². The molecule has 3 rings (SSSR count). The summed E-state index contributed by atoms with van der Waals surface area (Å²) in [7, 11) is 0. The van der Waals surface area contributed by atoms with Crippen LogP contribution in [0, 0.1) is 12.7 Å². The van der Waals surface area contributed by atoms with Crippen LogP contribution in [-0.2, 0) is 0 Å². The number of nitrogens with one attached hydrogen (secondary N) is 1. The summed E-state index contributed by atoms with van der Waals surface area (Å²) >= 11 is 0. The largest absolute Gasteiger partial charge is 0.484 e. The molecule has 3 heteroatoms. The molecule has 0 atom stereocenters. The van der Waals surface area contributed by atoms with Crippen LogP contribution < -0.4 is 10.1 Å². The van der Waals surface area contributed by atoms with Crippen molar-refractivity contribution < 1.29 is 9.13 Å². The van der Waals surface area contributed by atoms with Gasteiger partial charge in [0.2, 0.25) is 0 Å². The Morgan fingerprint density at radius 1 is 1.37 bits per heavy atom. The van der Waals surface area contributed by atoms with E-state index in [9.17, 15) is 4.39 Å². The molecule has 0 aliphatic heterocycles. The Balaban J connectivity index is 1.62. The Bertz CT molecular complexity index is 452. The van der Waals surface area contributed by atoms with E-state index < -0.39 is 0 Å². The van der Waals surface area contributed by atoms with Gasteiger partial charge in [-0.1, -0.05) is 6.07 Å². The first-order valence-corrected chi connectivity index (χ1v) is 7.35. The summed E-state index contributed by atoms with van der Waals surface area (Å²) < 4.78 is 19.8. The van der Waals surface area contributed by atoms with Gasteiger partial charge in [0, 0.05) is 6.04 Å². The van der Waals surface area contributed by atoms with E-state index in [4.69, 9.17) is 4.74 Å². The molecule has 2 saturated carbocycles. The van der Waals surface area contributed by atoms with Crippen LogP contribution in [0.15, 0.2) is 18.2 Å². The number of halogens is 1. The van der Waals surface area contributed by atoms with E-state index in [0.717, 1.165) is 37.4 Å². The fourth-order valence-corrected chi connectivity index (χ4v) is 2.69. The second-order valence-electron chi connectivity index (χ2n) is 6.05. The smallest absolute Gasteiger partial charge is 0.165 e. The van der Waals surface area contributed by atoms with E-state index in [1.54, 1.807) is 6.07 Å². The van der Waals surface area contributed by atoms with E-state index in [2.05, 4.69) is 5.32 Å². The van der Waals surface area contributed by atoms with Crippen LogP contribution in [-0.4, -0.2) is 18.2 Å². The summed E-state index contributed by atoms with van der Waals surface area (Å²) in [6, 6.07) is 5.82. The average molecular weight is 263 g/mol. The fraction of sp³-hybridized carbons (Fsp3) is 0.625. The third-order valence-electron chi connectivity index (χ3n) is 4.27. The molecule has 0 bridgehead atoms. The maximum absolute atomic E-state index is 13.8. The maximum Gasteiger partial charge on any atom is 0.165 e.